The van der Waals surface area contributed by atoms with Crippen molar-refractivity contribution in [2.75, 3.05) is 0 Å². The number of nitrogens with one attached hydrogen (secondary N) is 1. The molecule has 1 fully saturated rings. The van der Waals surface area contributed by atoms with Crippen LogP contribution in [0, 0.1) is 6.92 Å². The van der Waals surface area contributed by atoms with Crippen LogP contribution in [0.25, 0.3) is 0 Å². The van der Waals surface area contributed by atoms with E-state index in [1.807, 2.05) is 12.4 Å². The fraction of sp³-hybridized carbons (Fsp3) is 0.615. The molecule has 0 saturated heterocycles. The van der Waals surface area contributed by atoms with Gasteiger partial charge >= 0.3 is 0 Å². The van der Waals surface area contributed by atoms with Gasteiger partial charge in [0.25, 0.3) is 0 Å². The maximum absolute atomic E-state index is 4.21. The Morgan fingerprint density at radius 1 is 1.33 bits per heavy atom. The molecule has 0 radical (unpaired) electrons. The van der Waals surface area contributed by atoms with Gasteiger partial charge in [0.05, 0.1) is 0 Å². The van der Waals surface area contributed by atoms with E-state index in [1.54, 1.807) is 0 Å². The summed E-state index contributed by atoms with van der Waals surface area (Å²) in [5, 5.41) is 3.66. The lowest BCUT2D eigenvalue weighted by molar-refractivity contribution is 0.362. The molecule has 2 rings (SSSR count). The van der Waals surface area contributed by atoms with E-state index in [-0.39, 0.29) is 0 Å². The minimum Gasteiger partial charge on any atom is -0.307 e. The summed E-state index contributed by atoms with van der Waals surface area (Å²) in [5.41, 5.74) is 2.90. The Bertz CT molecular complexity index is 327. The van der Waals surface area contributed by atoms with Gasteiger partial charge in [-0.15, -0.1) is 0 Å². The first-order valence-electron chi connectivity index (χ1n) is 5.84. The lowest BCUT2D eigenvalue weighted by atomic mass is 10.0. The van der Waals surface area contributed by atoms with Gasteiger partial charge in [0, 0.05) is 24.5 Å². The van der Waals surface area contributed by atoms with Crippen molar-refractivity contribution in [2.45, 2.75) is 51.6 Å². The van der Waals surface area contributed by atoms with Gasteiger partial charge in [-0.3, -0.25) is 4.98 Å². The Labute approximate surface area is 92.1 Å². The van der Waals surface area contributed by atoms with Crippen molar-refractivity contribution in [1.82, 2.24) is 10.3 Å². The van der Waals surface area contributed by atoms with E-state index >= 15 is 0 Å². The normalized spacial score (nSPS) is 19.3. The Morgan fingerprint density at radius 2 is 2.07 bits per heavy atom. The topological polar surface area (TPSA) is 24.9 Å². The average molecular weight is 204 g/mol. The Balaban J connectivity index is 1.92. The molecule has 0 bridgehead atoms. The van der Waals surface area contributed by atoms with E-state index in [9.17, 15) is 0 Å². The molecule has 0 aliphatic heterocycles. The van der Waals surface area contributed by atoms with Crippen molar-refractivity contribution in [3.05, 3.63) is 29.6 Å². The number of pyridine rings is 1. The zero-order valence-electron chi connectivity index (χ0n) is 9.71. The molecular formula is C13H20N2. The van der Waals surface area contributed by atoms with Crippen molar-refractivity contribution < 1.29 is 0 Å². The lowest BCUT2D eigenvalue weighted by Crippen LogP contribution is -2.38. The van der Waals surface area contributed by atoms with Gasteiger partial charge < -0.3 is 5.32 Å². The van der Waals surface area contributed by atoms with E-state index in [4.69, 9.17) is 0 Å². The molecule has 0 aromatic carbocycles. The lowest BCUT2D eigenvalue weighted by Gasteiger charge is -2.25. The maximum Gasteiger partial charge on any atom is 0.0313 e. The van der Waals surface area contributed by atoms with E-state index in [2.05, 4.69) is 30.2 Å². The monoisotopic (exact) mass is 204 g/mol. The molecule has 1 aromatic heterocycles. The number of rotatable bonds is 3. The second kappa shape index (κ2) is 4.31. The predicted molar refractivity (Wildman–Crippen MR) is 62.7 cm³/mol. The quantitative estimate of drug-likeness (QED) is 0.819. The number of nitrogens with zero attached hydrogens (tertiary/aromatic N) is 1. The van der Waals surface area contributed by atoms with Crippen molar-refractivity contribution in [3.8, 4) is 0 Å². The van der Waals surface area contributed by atoms with Gasteiger partial charge in [-0.2, -0.15) is 0 Å². The van der Waals surface area contributed by atoms with Crippen molar-refractivity contribution in [3.63, 3.8) is 0 Å². The minimum absolute atomic E-state index is 0.365. The van der Waals surface area contributed by atoms with Gasteiger partial charge in [-0.05, 0) is 37.8 Å². The SMILES string of the molecule is Cc1cncc(CNC2(C)CCCC2)c1. The Kier molecular flexibility index (Phi) is 3.06. The number of hydrogen-bond donors (Lipinski definition) is 1. The van der Waals surface area contributed by atoms with Crippen LogP contribution < -0.4 is 5.32 Å². The van der Waals surface area contributed by atoms with Crippen LogP contribution >= 0.6 is 0 Å². The third-order valence-electron chi connectivity index (χ3n) is 3.36. The zero-order chi connectivity index (χ0) is 10.7. The van der Waals surface area contributed by atoms with Gasteiger partial charge in [0.2, 0.25) is 0 Å². The summed E-state index contributed by atoms with van der Waals surface area (Å²) in [4.78, 5) is 4.21. The second-order valence-corrected chi connectivity index (χ2v) is 4.99. The van der Waals surface area contributed by atoms with E-state index in [1.165, 1.54) is 36.8 Å². The second-order valence-electron chi connectivity index (χ2n) is 4.99. The summed E-state index contributed by atoms with van der Waals surface area (Å²) in [5.74, 6) is 0. The van der Waals surface area contributed by atoms with Crippen LogP contribution in [0.4, 0.5) is 0 Å². The molecule has 1 heterocycles. The molecule has 1 aliphatic rings. The van der Waals surface area contributed by atoms with Crippen molar-refractivity contribution in [1.29, 1.82) is 0 Å². The first-order chi connectivity index (χ1) is 7.18. The predicted octanol–water partition coefficient (Wildman–Crippen LogP) is 2.81. The van der Waals surface area contributed by atoms with Gasteiger partial charge in [-0.1, -0.05) is 18.9 Å². The van der Waals surface area contributed by atoms with E-state index in [0.29, 0.717) is 5.54 Å². The molecule has 82 valence electrons. The first kappa shape index (κ1) is 10.6. The fourth-order valence-electron chi connectivity index (χ4n) is 2.36. The molecule has 0 atom stereocenters. The maximum atomic E-state index is 4.21. The standard InChI is InChI=1S/C13H20N2/c1-11-7-12(9-14-8-11)10-15-13(2)5-3-4-6-13/h7-9,15H,3-6,10H2,1-2H3. The number of aromatic nitrogens is 1. The van der Waals surface area contributed by atoms with Gasteiger partial charge in [0.15, 0.2) is 0 Å². The number of aryl methyl sites for hydroxylation is 1. The van der Waals surface area contributed by atoms with Crippen LogP contribution in [0.15, 0.2) is 18.5 Å². The van der Waals surface area contributed by atoms with Crippen LogP contribution in [0.3, 0.4) is 0 Å². The van der Waals surface area contributed by atoms with Crippen LogP contribution in [-0.2, 0) is 6.54 Å². The highest BCUT2D eigenvalue weighted by atomic mass is 15.0. The minimum atomic E-state index is 0.365. The molecular weight excluding hydrogens is 184 g/mol. The van der Waals surface area contributed by atoms with Crippen LogP contribution in [-0.4, -0.2) is 10.5 Å². The zero-order valence-corrected chi connectivity index (χ0v) is 9.71. The van der Waals surface area contributed by atoms with Crippen LogP contribution in [0.5, 0.6) is 0 Å². The molecule has 0 unspecified atom stereocenters. The summed E-state index contributed by atoms with van der Waals surface area (Å²) in [6.45, 7) is 5.38. The summed E-state index contributed by atoms with van der Waals surface area (Å²) >= 11 is 0. The summed E-state index contributed by atoms with van der Waals surface area (Å²) in [6, 6.07) is 2.21. The van der Waals surface area contributed by atoms with Crippen LogP contribution in [0.1, 0.15) is 43.7 Å². The molecule has 0 amide bonds. The van der Waals surface area contributed by atoms with Crippen molar-refractivity contribution in [2.24, 2.45) is 0 Å². The molecule has 1 N–H and O–H groups in total. The highest BCUT2D eigenvalue weighted by Gasteiger charge is 2.27. The molecule has 2 heteroatoms. The first-order valence-corrected chi connectivity index (χ1v) is 5.84. The smallest absolute Gasteiger partial charge is 0.0313 e. The molecule has 1 saturated carbocycles. The molecule has 1 aliphatic carbocycles. The Morgan fingerprint density at radius 3 is 2.73 bits per heavy atom. The molecule has 2 nitrogen and oxygen atoms in total. The number of hydrogen-bond acceptors (Lipinski definition) is 2. The fourth-order valence-corrected chi connectivity index (χ4v) is 2.36. The summed E-state index contributed by atoms with van der Waals surface area (Å²) in [6.07, 6.45) is 9.22. The third-order valence-corrected chi connectivity index (χ3v) is 3.36. The average Bonchev–Trinajstić information content (AvgIpc) is 2.63. The molecule has 1 aromatic rings. The summed E-state index contributed by atoms with van der Waals surface area (Å²) in [7, 11) is 0. The largest absolute Gasteiger partial charge is 0.307 e. The van der Waals surface area contributed by atoms with Crippen molar-refractivity contribution >= 4 is 0 Å². The third kappa shape index (κ3) is 2.78. The molecule has 0 spiro atoms. The van der Waals surface area contributed by atoms with Gasteiger partial charge in [-0.25, -0.2) is 0 Å². The highest BCUT2D eigenvalue weighted by Crippen LogP contribution is 2.29. The Hall–Kier alpha value is -0.890. The molecule has 15 heavy (non-hydrogen) atoms. The summed E-state index contributed by atoms with van der Waals surface area (Å²) < 4.78 is 0. The van der Waals surface area contributed by atoms with E-state index in [0.717, 1.165) is 6.54 Å². The van der Waals surface area contributed by atoms with Gasteiger partial charge in [0.1, 0.15) is 0 Å². The highest BCUT2D eigenvalue weighted by molar-refractivity contribution is 5.16. The van der Waals surface area contributed by atoms with Crippen LogP contribution in [0.2, 0.25) is 0 Å². The van der Waals surface area contributed by atoms with E-state index < -0.39 is 0 Å².